The second-order valence-corrected chi connectivity index (χ2v) is 7.70. The highest BCUT2D eigenvalue weighted by Crippen LogP contribution is 2.32. The highest BCUT2D eigenvalue weighted by atomic mass is 16.5. The predicted molar refractivity (Wildman–Crippen MR) is 130 cm³/mol. The summed E-state index contributed by atoms with van der Waals surface area (Å²) in [6.45, 7) is 6.96. The number of amidine groups is 1. The van der Waals surface area contributed by atoms with Crippen LogP contribution in [0.3, 0.4) is 0 Å². The molecule has 1 aromatic heterocycles. The molecule has 1 aliphatic heterocycles. The molecule has 0 bridgehead atoms. The molecule has 33 heavy (non-hydrogen) atoms. The highest BCUT2D eigenvalue weighted by molar-refractivity contribution is 5.98. The topological polar surface area (TPSA) is 70.4 Å². The van der Waals surface area contributed by atoms with Gasteiger partial charge < -0.3 is 24.5 Å². The molecule has 0 unspecified atom stereocenters. The largest absolute Gasteiger partial charge is 0.493 e. The summed E-state index contributed by atoms with van der Waals surface area (Å²) in [4.78, 5) is 8.81. The van der Waals surface area contributed by atoms with E-state index >= 15 is 0 Å². The van der Waals surface area contributed by atoms with Crippen molar-refractivity contribution in [3.63, 3.8) is 0 Å². The molecule has 1 fully saturated rings. The number of aromatic nitrogens is 1. The maximum Gasteiger partial charge on any atom is 0.219 e. The first-order valence-corrected chi connectivity index (χ1v) is 10.9. The SMILES string of the molecule is C=CCc1ccc(Oc2ccc(/C(=N/O)N3CCN(c4ccccc4)CC3)cn2)c(OC)c1. The van der Waals surface area contributed by atoms with Crippen molar-refractivity contribution in [2.24, 2.45) is 5.16 Å². The van der Waals surface area contributed by atoms with E-state index in [0.29, 0.717) is 23.2 Å². The maximum atomic E-state index is 9.71. The van der Waals surface area contributed by atoms with Crippen molar-refractivity contribution >= 4 is 11.5 Å². The van der Waals surface area contributed by atoms with E-state index in [1.54, 1.807) is 19.4 Å². The molecule has 4 rings (SSSR count). The molecule has 0 atom stereocenters. The monoisotopic (exact) mass is 444 g/mol. The molecular weight excluding hydrogens is 416 g/mol. The first kappa shape index (κ1) is 22.2. The Balaban J connectivity index is 1.41. The summed E-state index contributed by atoms with van der Waals surface area (Å²) in [6.07, 6.45) is 4.26. The van der Waals surface area contributed by atoms with E-state index in [9.17, 15) is 5.21 Å². The van der Waals surface area contributed by atoms with Crippen LogP contribution in [0.1, 0.15) is 11.1 Å². The quantitative estimate of drug-likeness (QED) is 0.189. The van der Waals surface area contributed by atoms with E-state index in [4.69, 9.17) is 9.47 Å². The van der Waals surface area contributed by atoms with Gasteiger partial charge in [0.05, 0.1) is 7.11 Å². The van der Waals surface area contributed by atoms with Crippen LogP contribution in [0.2, 0.25) is 0 Å². The van der Waals surface area contributed by atoms with Gasteiger partial charge in [0.15, 0.2) is 17.3 Å². The minimum absolute atomic E-state index is 0.430. The summed E-state index contributed by atoms with van der Waals surface area (Å²) in [7, 11) is 1.61. The van der Waals surface area contributed by atoms with Gasteiger partial charge >= 0.3 is 0 Å². The van der Waals surface area contributed by atoms with E-state index in [1.165, 1.54) is 5.69 Å². The van der Waals surface area contributed by atoms with Crippen molar-refractivity contribution in [2.45, 2.75) is 6.42 Å². The van der Waals surface area contributed by atoms with Crippen molar-refractivity contribution < 1.29 is 14.7 Å². The van der Waals surface area contributed by atoms with Gasteiger partial charge in [-0.1, -0.05) is 35.5 Å². The molecule has 0 radical (unpaired) electrons. The van der Waals surface area contributed by atoms with Crippen LogP contribution in [0.15, 0.2) is 84.7 Å². The van der Waals surface area contributed by atoms with Crippen LogP contribution in [0.25, 0.3) is 0 Å². The number of allylic oxidation sites excluding steroid dienone is 1. The van der Waals surface area contributed by atoms with E-state index in [0.717, 1.165) is 43.7 Å². The molecule has 2 heterocycles. The first-order valence-electron chi connectivity index (χ1n) is 10.9. The van der Waals surface area contributed by atoms with E-state index in [2.05, 4.69) is 38.7 Å². The summed E-state index contributed by atoms with van der Waals surface area (Å²) >= 11 is 0. The van der Waals surface area contributed by atoms with Crippen LogP contribution in [0.5, 0.6) is 17.4 Å². The smallest absolute Gasteiger partial charge is 0.219 e. The van der Waals surface area contributed by atoms with Gasteiger partial charge in [-0.05, 0) is 42.3 Å². The van der Waals surface area contributed by atoms with Crippen LogP contribution in [0, 0.1) is 0 Å². The zero-order chi connectivity index (χ0) is 23.0. The van der Waals surface area contributed by atoms with Crippen LogP contribution in [-0.2, 0) is 6.42 Å². The number of anilines is 1. The van der Waals surface area contributed by atoms with Gasteiger partial charge in [-0.2, -0.15) is 0 Å². The average Bonchev–Trinajstić information content (AvgIpc) is 2.87. The van der Waals surface area contributed by atoms with Gasteiger partial charge in [0.1, 0.15) is 0 Å². The van der Waals surface area contributed by atoms with Gasteiger partial charge in [-0.3, -0.25) is 0 Å². The number of rotatable bonds is 7. The Bertz CT molecular complexity index is 1090. The summed E-state index contributed by atoms with van der Waals surface area (Å²) in [6, 6.07) is 19.7. The molecule has 1 saturated heterocycles. The zero-order valence-corrected chi connectivity index (χ0v) is 18.7. The summed E-state index contributed by atoms with van der Waals surface area (Å²) < 4.78 is 11.4. The van der Waals surface area contributed by atoms with Gasteiger partial charge in [0.25, 0.3) is 0 Å². The molecule has 7 nitrogen and oxygen atoms in total. The number of oxime groups is 1. The normalized spacial score (nSPS) is 14.2. The number of hydrogen-bond donors (Lipinski definition) is 1. The molecule has 7 heteroatoms. The van der Waals surface area contributed by atoms with E-state index in [-0.39, 0.29) is 0 Å². The highest BCUT2D eigenvalue weighted by Gasteiger charge is 2.22. The predicted octanol–water partition coefficient (Wildman–Crippen LogP) is 4.57. The number of benzene rings is 2. The van der Waals surface area contributed by atoms with Crippen LogP contribution in [0.4, 0.5) is 5.69 Å². The Morgan fingerprint density at radius 1 is 1.06 bits per heavy atom. The lowest BCUT2D eigenvalue weighted by atomic mass is 10.1. The molecule has 0 aliphatic carbocycles. The minimum Gasteiger partial charge on any atom is -0.493 e. The number of piperazine rings is 1. The molecule has 170 valence electrons. The van der Waals surface area contributed by atoms with Gasteiger partial charge in [0, 0.05) is 49.7 Å². The number of nitrogens with zero attached hydrogens (tertiary/aromatic N) is 4. The van der Waals surface area contributed by atoms with Crippen LogP contribution in [-0.4, -0.2) is 54.2 Å². The van der Waals surface area contributed by atoms with Crippen molar-refractivity contribution in [3.8, 4) is 17.4 Å². The van der Waals surface area contributed by atoms with E-state index in [1.807, 2.05) is 48.5 Å². The van der Waals surface area contributed by atoms with Gasteiger partial charge in [-0.25, -0.2) is 4.98 Å². The van der Waals surface area contributed by atoms with Crippen molar-refractivity contribution in [1.29, 1.82) is 0 Å². The third-order valence-corrected chi connectivity index (χ3v) is 5.61. The van der Waals surface area contributed by atoms with Crippen LogP contribution >= 0.6 is 0 Å². The third kappa shape index (κ3) is 5.26. The minimum atomic E-state index is 0.430. The fourth-order valence-electron chi connectivity index (χ4n) is 3.89. The van der Waals surface area contributed by atoms with Gasteiger partial charge in [-0.15, -0.1) is 6.58 Å². The Hall–Kier alpha value is -4.00. The Morgan fingerprint density at radius 3 is 2.48 bits per heavy atom. The second kappa shape index (κ2) is 10.5. The summed E-state index contributed by atoms with van der Waals surface area (Å²) in [5.41, 5.74) is 3.02. The molecule has 2 aromatic carbocycles. The number of para-hydroxylation sites is 1. The van der Waals surface area contributed by atoms with E-state index < -0.39 is 0 Å². The van der Waals surface area contributed by atoms with Crippen molar-refractivity contribution in [2.75, 3.05) is 38.2 Å². The lowest BCUT2D eigenvalue weighted by molar-refractivity contribution is 0.296. The Kier molecular flexibility index (Phi) is 7.09. The third-order valence-electron chi connectivity index (χ3n) is 5.61. The summed E-state index contributed by atoms with van der Waals surface area (Å²) in [5.74, 6) is 2.15. The number of pyridine rings is 1. The zero-order valence-electron chi connectivity index (χ0n) is 18.7. The average molecular weight is 445 g/mol. The molecule has 1 aliphatic rings. The molecule has 1 N–H and O–H groups in total. The fraction of sp³-hybridized carbons (Fsp3) is 0.231. The molecule has 0 saturated carbocycles. The second-order valence-electron chi connectivity index (χ2n) is 7.70. The van der Waals surface area contributed by atoms with Crippen LogP contribution < -0.4 is 14.4 Å². The first-order chi connectivity index (χ1) is 16.2. The Labute approximate surface area is 194 Å². The molecule has 0 amide bonds. The lowest BCUT2D eigenvalue weighted by Gasteiger charge is -2.37. The van der Waals surface area contributed by atoms with Gasteiger partial charge in [0.2, 0.25) is 5.88 Å². The number of methoxy groups -OCH3 is 1. The Morgan fingerprint density at radius 2 is 1.85 bits per heavy atom. The molecule has 3 aromatic rings. The van der Waals surface area contributed by atoms with Crippen molar-refractivity contribution in [1.82, 2.24) is 9.88 Å². The maximum absolute atomic E-state index is 9.71. The van der Waals surface area contributed by atoms with Crippen molar-refractivity contribution in [3.05, 3.63) is 90.6 Å². The molecular formula is C26H28N4O3. The number of ether oxygens (including phenoxy) is 2. The fourth-order valence-corrected chi connectivity index (χ4v) is 3.89. The lowest BCUT2D eigenvalue weighted by Crippen LogP contribution is -2.49. The molecule has 0 spiro atoms. The standard InChI is InChI=1S/C26H28N4O3/c1-3-7-20-10-12-23(24(18-20)32-2)33-25-13-11-21(19-27-25)26(28-31)30-16-14-29(15-17-30)22-8-5-4-6-9-22/h3-6,8-13,18-19,31H,1,7,14-17H2,2H3/b28-26-. The number of hydrogen-bond acceptors (Lipinski definition) is 6. The summed E-state index contributed by atoms with van der Waals surface area (Å²) in [5, 5.41) is 13.3.